The van der Waals surface area contributed by atoms with Crippen molar-refractivity contribution in [1.82, 2.24) is 0 Å². The summed E-state index contributed by atoms with van der Waals surface area (Å²) in [5.74, 6) is 0. The molecule has 4 aliphatic carbocycles. The van der Waals surface area contributed by atoms with Gasteiger partial charge in [-0.2, -0.15) is 0 Å². The van der Waals surface area contributed by atoms with Crippen LogP contribution in [0.4, 0.5) is 0 Å². The van der Waals surface area contributed by atoms with E-state index in [4.69, 9.17) is 0 Å². The van der Waals surface area contributed by atoms with Crippen molar-refractivity contribution >= 4 is 29.6 Å². The van der Waals surface area contributed by atoms with Gasteiger partial charge in [0.15, 0.2) is 0 Å². The molecule has 0 amide bonds. The predicted molar refractivity (Wildman–Crippen MR) is 126 cm³/mol. The van der Waals surface area contributed by atoms with E-state index in [1.54, 1.807) is 32.6 Å². The molecule has 0 spiro atoms. The Labute approximate surface area is 217 Å². The van der Waals surface area contributed by atoms with Gasteiger partial charge in [-0.05, 0) is 0 Å². The van der Waals surface area contributed by atoms with E-state index >= 15 is 0 Å². The minimum Gasteiger partial charge on any atom is -1.00 e. The van der Waals surface area contributed by atoms with Crippen LogP contribution < -0.4 is 35.2 Å². The second-order valence-electron chi connectivity index (χ2n) is 10.6. The second-order valence-corrected chi connectivity index (χ2v) is 18.6. The smallest absolute Gasteiger partial charge is 1.00 e. The SMILES string of the molecule is C[Si]1(C)c2cccc3c2C2=C(CCCC2)[CH]3[Zr+2][CH]2C3=C(CCCC3)c3c2cccc31.[Cl-].[Cl-]. The van der Waals surface area contributed by atoms with Gasteiger partial charge in [-0.3, -0.25) is 0 Å². The van der Waals surface area contributed by atoms with Gasteiger partial charge in [0.2, 0.25) is 0 Å². The zero-order valence-corrected chi connectivity index (χ0v) is 24.0. The van der Waals surface area contributed by atoms with Crippen LogP contribution in [-0.2, 0) is 23.2 Å². The molecule has 5 aliphatic rings. The molecule has 8 bridgehead atoms. The predicted octanol–water partition coefficient (Wildman–Crippen LogP) is 0.378. The third-order valence-corrected chi connectivity index (χ3v) is 17.2. The summed E-state index contributed by atoms with van der Waals surface area (Å²) in [6.07, 6.45) is 11.1. The fraction of sp³-hybridized carbons (Fsp3) is 0.429. The summed E-state index contributed by atoms with van der Waals surface area (Å²) in [7, 11) is -1.78. The molecule has 32 heavy (non-hydrogen) atoms. The zero-order valence-electron chi connectivity index (χ0n) is 19.0. The molecule has 2 aromatic rings. The normalized spacial score (nSPS) is 25.6. The summed E-state index contributed by atoms with van der Waals surface area (Å²) in [5, 5.41) is 3.51. The quantitative estimate of drug-likeness (QED) is 0.412. The standard InChI is InChI=1S/C28H30Si.2ClH.Zr/c1-29(2,25-15-7-11-21-17-19-9-3-5-13-23(19)27(21)25)26-16-8-12-22-18-20-10-4-6-14-24(20)28(22)26;;;/h7-8,11-12,15-18H,3-6,9-10,13-14H2,1-2H3;2*1H;/q;;;+2/p-2. The number of hydrogen-bond acceptors (Lipinski definition) is 0. The Kier molecular flexibility index (Phi) is 6.11. The van der Waals surface area contributed by atoms with E-state index < -0.39 is 31.3 Å². The topological polar surface area (TPSA) is 0 Å². The molecule has 1 aliphatic heterocycles. The molecule has 0 nitrogen and oxygen atoms in total. The van der Waals surface area contributed by atoms with Gasteiger partial charge >= 0.3 is 194 Å². The van der Waals surface area contributed by atoms with Crippen molar-refractivity contribution in [3.05, 3.63) is 69.8 Å². The van der Waals surface area contributed by atoms with E-state index in [-0.39, 0.29) is 24.8 Å². The molecule has 2 unspecified atom stereocenters. The van der Waals surface area contributed by atoms with Gasteiger partial charge in [0.1, 0.15) is 0 Å². The van der Waals surface area contributed by atoms with Crippen LogP contribution in [0.1, 0.15) is 80.9 Å². The third-order valence-electron chi connectivity index (χ3n) is 8.82. The number of allylic oxidation sites excluding steroid dienone is 4. The van der Waals surface area contributed by atoms with Crippen molar-refractivity contribution in [1.29, 1.82) is 0 Å². The average Bonchev–Trinajstić information content (AvgIpc) is 3.27. The number of benzene rings is 2. The number of hydrogen-bond donors (Lipinski definition) is 0. The van der Waals surface area contributed by atoms with Crippen LogP contribution >= 0.6 is 0 Å². The summed E-state index contributed by atoms with van der Waals surface area (Å²) in [4.78, 5) is 0. The molecule has 4 heteroatoms. The first-order chi connectivity index (χ1) is 14.7. The molecule has 164 valence electrons. The average molecular weight is 557 g/mol. The second kappa shape index (κ2) is 8.37. The molecule has 0 saturated heterocycles. The zero-order chi connectivity index (χ0) is 20.0. The van der Waals surface area contributed by atoms with E-state index in [9.17, 15) is 0 Å². The van der Waals surface area contributed by atoms with Crippen molar-refractivity contribution in [3.8, 4) is 0 Å². The Hall–Kier alpha value is -0.400. The first kappa shape index (κ1) is 23.3. The Balaban J connectivity index is 0.00000108. The number of rotatable bonds is 0. The van der Waals surface area contributed by atoms with E-state index in [0.29, 0.717) is 0 Å². The Bertz CT molecular complexity index is 1090. The fourth-order valence-electron chi connectivity index (χ4n) is 7.47. The number of halogens is 2. The van der Waals surface area contributed by atoms with E-state index in [1.165, 1.54) is 51.4 Å². The summed E-state index contributed by atoms with van der Waals surface area (Å²) in [6.45, 7) is 5.32. The van der Waals surface area contributed by atoms with Crippen LogP contribution in [-0.4, -0.2) is 8.07 Å². The van der Waals surface area contributed by atoms with E-state index in [1.807, 2.05) is 22.3 Å². The monoisotopic (exact) mass is 554 g/mol. The Morgan fingerprint density at radius 2 is 1.09 bits per heavy atom. The van der Waals surface area contributed by atoms with Gasteiger partial charge < -0.3 is 24.8 Å². The van der Waals surface area contributed by atoms with Gasteiger partial charge in [-0.25, -0.2) is 0 Å². The first-order valence-corrected chi connectivity index (χ1v) is 18.0. The van der Waals surface area contributed by atoms with E-state index in [0.717, 1.165) is 7.25 Å². The maximum absolute atomic E-state index is 2.66. The largest absolute Gasteiger partial charge is 1.00 e. The number of fused-ring (bicyclic) bond motifs is 2. The molecule has 1 heterocycles. The van der Waals surface area contributed by atoms with Crippen LogP contribution in [0.2, 0.25) is 13.1 Å². The van der Waals surface area contributed by atoms with E-state index in [2.05, 4.69) is 49.5 Å². The van der Waals surface area contributed by atoms with Crippen LogP contribution in [0.3, 0.4) is 0 Å². The van der Waals surface area contributed by atoms with Gasteiger partial charge in [-0.15, -0.1) is 0 Å². The molecule has 0 radical (unpaired) electrons. The van der Waals surface area contributed by atoms with Gasteiger partial charge in [0.25, 0.3) is 0 Å². The van der Waals surface area contributed by atoms with Gasteiger partial charge in [0.05, 0.1) is 0 Å². The molecule has 7 rings (SSSR count). The van der Waals surface area contributed by atoms with Crippen molar-refractivity contribution in [2.75, 3.05) is 0 Å². The van der Waals surface area contributed by atoms with Crippen molar-refractivity contribution in [2.45, 2.75) is 71.7 Å². The van der Waals surface area contributed by atoms with Gasteiger partial charge in [0, 0.05) is 0 Å². The molecule has 0 aromatic heterocycles. The molecular weight excluding hydrogens is 527 g/mol. The Morgan fingerprint density at radius 1 is 0.656 bits per heavy atom. The van der Waals surface area contributed by atoms with Crippen LogP contribution in [0.15, 0.2) is 47.5 Å². The summed E-state index contributed by atoms with van der Waals surface area (Å²) in [6, 6.07) is 15.0. The van der Waals surface area contributed by atoms with Crippen molar-refractivity contribution < 1.29 is 48.0 Å². The fourth-order valence-corrected chi connectivity index (χ4v) is 16.1. The molecule has 2 atom stereocenters. The molecule has 2 aromatic carbocycles. The van der Waals surface area contributed by atoms with Gasteiger partial charge in [-0.1, -0.05) is 0 Å². The summed E-state index contributed by atoms with van der Waals surface area (Å²) < 4.78 is 1.69. The molecule has 0 N–H and O–H groups in total. The van der Waals surface area contributed by atoms with Crippen molar-refractivity contribution in [2.24, 2.45) is 0 Å². The van der Waals surface area contributed by atoms with Crippen LogP contribution in [0, 0.1) is 0 Å². The maximum Gasteiger partial charge on any atom is -1.00 e. The molecular formula is C28H30Cl2SiZr. The minimum atomic E-state index is -1.78. The first-order valence-electron chi connectivity index (χ1n) is 12.1. The summed E-state index contributed by atoms with van der Waals surface area (Å²) in [5.41, 5.74) is 14.6. The molecule has 0 fully saturated rings. The summed E-state index contributed by atoms with van der Waals surface area (Å²) >= 11 is -0.676. The van der Waals surface area contributed by atoms with Crippen LogP contribution in [0.25, 0.3) is 11.1 Å². The maximum atomic E-state index is 2.66. The van der Waals surface area contributed by atoms with Crippen molar-refractivity contribution in [3.63, 3.8) is 0 Å². The minimum absolute atomic E-state index is 0. The molecule has 0 saturated carbocycles. The van der Waals surface area contributed by atoms with Crippen LogP contribution in [0.5, 0.6) is 0 Å². The third kappa shape index (κ3) is 3.02. The Morgan fingerprint density at radius 3 is 1.56 bits per heavy atom.